The van der Waals surface area contributed by atoms with E-state index in [2.05, 4.69) is 0 Å². The molecular weight excluding hydrogens is 211 g/mol. The molecule has 1 aromatic rings. The lowest BCUT2D eigenvalue weighted by Gasteiger charge is -2.20. The molecule has 0 unspecified atom stereocenters. The van der Waals surface area contributed by atoms with Gasteiger partial charge in [0.15, 0.2) is 17.3 Å². The van der Waals surface area contributed by atoms with Crippen molar-refractivity contribution in [3.05, 3.63) is 23.5 Å². The van der Waals surface area contributed by atoms with Gasteiger partial charge < -0.3 is 14.6 Å². The zero-order valence-corrected chi connectivity index (χ0v) is 8.83. The van der Waals surface area contributed by atoms with Gasteiger partial charge in [0.2, 0.25) is 0 Å². The Balaban J connectivity index is 1.92. The van der Waals surface area contributed by atoms with E-state index in [4.69, 9.17) is 9.47 Å². The molecule has 1 N–H and O–H groups in total. The second kappa shape index (κ2) is 3.35. The van der Waals surface area contributed by atoms with Gasteiger partial charge in [-0.1, -0.05) is 0 Å². The highest BCUT2D eigenvalue weighted by Crippen LogP contribution is 2.41. The van der Waals surface area contributed by atoms with E-state index in [0.29, 0.717) is 25.4 Å². The second-order valence-electron chi connectivity index (χ2n) is 4.50. The third-order valence-electron chi connectivity index (χ3n) is 3.02. The van der Waals surface area contributed by atoms with Crippen molar-refractivity contribution in [3.8, 4) is 11.5 Å². The number of aliphatic hydroxyl groups is 1. The molecule has 0 saturated heterocycles. The third-order valence-corrected chi connectivity index (χ3v) is 3.02. The van der Waals surface area contributed by atoms with E-state index in [1.165, 1.54) is 6.07 Å². The molecule has 3 rings (SSSR count). The second-order valence-corrected chi connectivity index (χ2v) is 4.50. The minimum absolute atomic E-state index is 0.192. The minimum Gasteiger partial charge on any atom is -0.486 e. The highest BCUT2D eigenvalue weighted by molar-refractivity contribution is 5.45. The van der Waals surface area contributed by atoms with E-state index in [9.17, 15) is 9.50 Å². The molecule has 0 spiro atoms. The standard InChI is InChI=1S/C12H13FO3/c13-9-5-8(7-12(14)1-2-12)6-10-11(9)16-4-3-15-10/h5-6,14H,1-4,7H2. The van der Waals surface area contributed by atoms with Crippen molar-refractivity contribution in [2.75, 3.05) is 13.2 Å². The molecular formula is C12H13FO3. The topological polar surface area (TPSA) is 38.7 Å². The normalized spacial score (nSPS) is 20.6. The van der Waals surface area contributed by atoms with Gasteiger partial charge in [-0.15, -0.1) is 0 Å². The summed E-state index contributed by atoms with van der Waals surface area (Å²) < 4.78 is 24.2. The van der Waals surface area contributed by atoms with Gasteiger partial charge in [-0.25, -0.2) is 4.39 Å². The van der Waals surface area contributed by atoms with Gasteiger partial charge in [-0.3, -0.25) is 0 Å². The fourth-order valence-corrected chi connectivity index (χ4v) is 1.97. The average molecular weight is 224 g/mol. The molecule has 0 aromatic heterocycles. The molecule has 3 nitrogen and oxygen atoms in total. The molecule has 0 radical (unpaired) electrons. The Morgan fingerprint density at radius 2 is 2.00 bits per heavy atom. The lowest BCUT2D eigenvalue weighted by molar-refractivity contribution is 0.149. The van der Waals surface area contributed by atoms with Crippen LogP contribution in [0, 0.1) is 5.82 Å². The fraction of sp³-hybridized carbons (Fsp3) is 0.500. The summed E-state index contributed by atoms with van der Waals surface area (Å²) in [5, 5.41) is 9.78. The fourth-order valence-electron chi connectivity index (χ4n) is 1.97. The van der Waals surface area contributed by atoms with Crippen LogP contribution in [0.1, 0.15) is 18.4 Å². The van der Waals surface area contributed by atoms with Gasteiger partial charge in [0.05, 0.1) is 5.60 Å². The van der Waals surface area contributed by atoms with E-state index in [0.717, 1.165) is 18.4 Å². The van der Waals surface area contributed by atoms with Crippen LogP contribution in [0.2, 0.25) is 0 Å². The summed E-state index contributed by atoms with van der Waals surface area (Å²) in [6, 6.07) is 3.18. The number of hydrogen-bond donors (Lipinski definition) is 1. The summed E-state index contributed by atoms with van der Waals surface area (Å²) in [5.74, 6) is 0.236. The molecule has 1 heterocycles. The van der Waals surface area contributed by atoms with Crippen molar-refractivity contribution in [2.24, 2.45) is 0 Å². The summed E-state index contributed by atoms with van der Waals surface area (Å²) in [7, 11) is 0. The first kappa shape index (κ1) is 9.90. The Kier molecular flexibility index (Phi) is 2.07. The maximum absolute atomic E-state index is 13.6. The molecule has 1 fully saturated rings. The smallest absolute Gasteiger partial charge is 0.197 e. The van der Waals surface area contributed by atoms with E-state index >= 15 is 0 Å². The number of ether oxygens (including phenoxy) is 2. The van der Waals surface area contributed by atoms with Gasteiger partial charge in [0.1, 0.15) is 13.2 Å². The molecule has 0 bridgehead atoms. The molecule has 1 aromatic carbocycles. The summed E-state index contributed by atoms with van der Waals surface area (Å²) in [5.41, 5.74) is 0.151. The number of halogens is 1. The molecule has 2 aliphatic rings. The molecule has 1 saturated carbocycles. The quantitative estimate of drug-likeness (QED) is 0.830. The first-order valence-corrected chi connectivity index (χ1v) is 5.47. The van der Waals surface area contributed by atoms with Gasteiger partial charge in [0.25, 0.3) is 0 Å². The van der Waals surface area contributed by atoms with Crippen molar-refractivity contribution in [1.29, 1.82) is 0 Å². The van der Waals surface area contributed by atoms with Crippen LogP contribution in [-0.4, -0.2) is 23.9 Å². The Morgan fingerprint density at radius 1 is 1.25 bits per heavy atom. The summed E-state index contributed by atoms with van der Waals surface area (Å²) in [6.07, 6.45) is 2.08. The summed E-state index contributed by atoms with van der Waals surface area (Å²) in [6.45, 7) is 0.827. The van der Waals surface area contributed by atoms with Crippen LogP contribution in [0.15, 0.2) is 12.1 Å². The average Bonchev–Trinajstić information content (AvgIpc) is 2.96. The lowest BCUT2D eigenvalue weighted by atomic mass is 10.1. The number of hydrogen-bond acceptors (Lipinski definition) is 3. The first-order valence-electron chi connectivity index (χ1n) is 5.47. The van der Waals surface area contributed by atoms with Gasteiger partial charge in [-0.05, 0) is 30.5 Å². The van der Waals surface area contributed by atoms with Crippen LogP contribution in [0.3, 0.4) is 0 Å². The SMILES string of the molecule is OC1(Cc2cc(F)c3c(c2)OCCO3)CC1. The van der Waals surface area contributed by atoms with Crippen LogP contribution in [-0.2, 0) is 6.42 Å². The van der Waals surface area contributed by atoms with E-state index in [1.54, 1.807) is 6.07 Å². The zero-order chi connectivity index (χ0) is 11.2. The van der Waals surface area contributed by atoms with Crippen molar-refractivity contribution in [2.45, 2.75) is 24.9 Å². The molecule has 16 heavy (non-hydrogen) atoms. The Bertz CT molecular complexity index is 427. The Morgan fingerprint density at radius 3 is 2.75 bits per heavy atom. The van der Waals surface area contributed by atoms with Crippen LogP contribution in [0.5, 0.6) is 11.5 Å². The molecule has 86 valence electrons. The van der Waals surface area contributed by atoms with Crippen molar-refractivity contribution >= 4 is 0 Å². The van der Waals surface area contributed by atoms with Crippen LogP contribution >= 0.6 is 0 Å². The Labute approximate surface area is 92.8 Å². The van der Waals surface area contributed by atoms with Crippen molar-refractivity contribution in [3.63, 3.8) is 0 Å². The molecule has 4 heteroatoms. The van der Waals surface area contributed by atoms with Gasteiger partial charge >= 0.3 is 0 Å². The zero-order valence-electron chi connectivity index (χ0n) is 8.83. The van der Waals surface area contributed by atoms with E-state index in [-0.39, 0.29) is 5.75 Å². The number of benzene rings is 1. The summed E-state index contributed by atoms with van der Waals surface area (Å²) >= 11 is 0. The summed E-state index contributed by atoms with van der Waals surface area (Å²) in [4.78, 5) is 0. The van der Waals surface area contributed by atoms with E-state index < -0.39 is 11.4 Å². The maximum Gasteiger partial charge on any atom is 0.197 e. The van der Waals surface area contributed by atoms with Crippen LogP contribution < -0.4 is 9.47 Å². The Hall–Kier alpha value is -1.29. The lowest BCUT2D eigenvalue weighted by Crippen LogP contribution is -2.17. The molecule has 0 atom stereocenters. The predicted molar refractivity (Wildman–Crippen MR) is 55.3 cm³/mol. The van der Waals surface area contributed by atoms with Crippen LogP contribution in [0.4, 0.5) is 4.39 Å². The highest BCUT2D eigenvalue weighted by Gasteiger charge is 2.40. The third kappa shape index (κ3) is 1.73. The highest BCUT2D eigenvalue weighted by atomic mass is 19.1. The molecule has 1 aliphatic heterocycles. The first-order chi connectivity index (χ1) is 7.66. The van der Waals surface area contributed by atoms with Crippen LogP contribution in [0.25, 0.3) is 0 Å². The number of rotatable bonds is 2. The number of fused-ring (bicyclic) bond motifs is 1. The molecule has 1 aliphatic carbocycles. The molecule has 0 amide bonds. The minimum atomic E-state index is -0.615. The van der Waals surface area contributed by atoms with Gasteiger partial charge in [0, 0.05) is 6.42 Å². The van der Waals surface area contributed by atoms with Gasteiger partial charge in [-0.2, -0.15) is 0 Å². The van der Waals surface area contributed by atoms with E-state index in [1.807, 2.05) is 0 Å². The largest absolute Gasteiger partial charge is 0.486 e. The van der Waals surface area contributed by atoms with Crippen molar-refractivity contribution < 1.29 is 19.0 Å². The predicted octanol–water partition coefficient (Wildman–Crippen LogP) is 1.66. The maximum atomic E-state index is 13.6. The monoisotopic (exact) mass is 224 g/mol. The van der Waals surface area contributed by atoms with Crippen molar-refractivity contribution in [1.82, 2.24) is 0 Å².